The monoisotopic (exact) mass is 383 g/mol. The number of amides is 2. The molecule has 4 rings (SSSR count). The summed E-state index contributed by atoms with van der Waals surface area (Å²) in [4.78, 5) is 27.4. The van der Waals surface area contributed by atoms with Gasteiger partial charge in [0.05, 0.1) is 25.3 Å². The van der Waals surface area contributed by atoms with E-state index < -0.39 is 0 Å². The van der Waals surface area contributed by atoms with Crippen molar-refractivity contribution < 1.29 is 14.3 Å². The van der Waals surface area contributed by atoms with E-state index in [4.69, 9.17) is 4.74 Å². The summed E-state index contributed by atoms with van der Waals surface area (Å²) in [5.74, 6) is -0.167. The number of benzene rings is 1. The highest BCUT2D eigenvalue weighted by Gasteiger charge is 2.34. The van der Waals surface area contributed by atoms with Gasteiger partial charge in [-0.05, 0) is 23.8 Å². The second-order valence-corrected chi connectivity index (χ2v) is 7.29. The molecule has 2 saturated heterocycles. The minimum absolute atomic E-state index is 0.0323. The van der Waals surface area contributed by atoms with Crippen LogP contribution in [0.1, 0.15) is 21.8 Å². The number of carbonyl (C=O) groups is 2. The van der Waals surface area contributed by atoms with Crippen molar-refractivity contribution in [1.29, 1.82) is 0 Å². The number of rotatable bonds is 4. The summed E-state index contributed by atoms with van der Waals surface area (Å²) >= 11 is 0. The van der Waals surface area contributed by atoms with Gasteiger partial charge in [-0.1, -0.05) is 6.07 Å². The Balaban J connectivity index is 1.45. The van der Waals surface area contributed by atoms with Crippen LogP contribution in [0.3, 0.4) is 0 Å². The van der Waals surface area contributed by atoms with E-state index in [2.05, 4.69) is 15.7 Å². The molecule has 0 unspecified atom stereocenters. The SMILES string of the molecule is Cn1cc([C@H]2CNC[C@@H]2C(=O)Nc2cccc(C(=O)N3CCOCC3)c2)cn1. The summed E-state index contributed by atoms with van der Waals surface area (Å²) in [7, 11) is 1.87. The lowest BCUT2D eigenvalue weighted by molar-refractivity contribution is -0.119. The number of aryl methyl sites for hydroxylation is 1. The maximum absolute atomic E-state index is 12.9. The molecule has 2 aromatic rings. The summed E-state index contributed by atoms with van der Waals surface area (Å²) in [6.07, 6.45) is 3.78. The van der Waals surface area contributed by atoms with Gasteiger partial charge in [0.15, 0.2) is 0 Å². The van der Waals surface area contributed by atoms with E-state index in [1.807, 2.05) is 25.5 Å². The van der Waals surface area contributed by atoms with E-state index in [1.165, 1.54) is 0 Å². The predicted molar refractivity (Wildman–Crippen MR) is 104 cm³/mol. The van der Waals surface area contributed by atoms with Crippen LogP contribution in [0.5, 0.6) is 0 Å². The normalized spacial score (nSPS) is 22.2. The van der Waals surface area contributed by atoms with Gasteiger partial charge in [-0.25, -0.2) is 0 Å². The quantitative estimate of drug-likeness (QED) is 0.817. The van der Waals surface area contributed by atoms with Gasteiger partial charge in [0.1, 0.15) is 0 Å². The van der Waals surface area contributed by atoms with Crippen LogP contribution in [-0.4, -0.2) is 65.9 Å². The zero-order chi connectivity index (χ0) is 19.5. The molecule has 0 spiro atoms. The van der Waals surface area contributed by atoms with Crippen molar-refractivity contribution in [3.8, 4) is 0 Å². The molecule has 2 aliphatic rings. The average Bonchev–Trinajstić information content (AvgIpc) is 3.37. The molecule has 1 aromatic heterocycles. The molecule has 3 heterocycles. The van der Waals surface area contributed by atoms with Crippen LogP contribution in [0.2, 0.25) is 0 Å². The molecule has 8 nitrogen and oxygen atoms in total. The molecule has 0 saturated carbocycles. The third kappa shape index (κ3) is 3.93. The first kappa shape index (κ1) is 18.6. The Morgan fingerprint density at radius 1 is 1.25 bits per heavy atom. The molecule has 0 aliphatic carbocycles. The highest BCUT2D eigenvalue weighted by molar-refractivity contribution is 5.98. The van der Waals surface area contributed by atoms with Crippen molar-refractivity contribution in [2.24, 2.45) is 13.0 Å². The first-order valence-corrected chi connectivity index (χ1v) is 9.59. The van der Waals surface area contributed by atoms with Gasteiger partial charge < -0.3 is 20.3 Å². The minimum atomic E-state index is -0.178. The van der Waals surface area contributed by atoms with Gasteiger partial charge in [-0.3, -0.25) is 14.3 Å². The summed E-state index contributed by atoms with van der Waals surface area (Å²) < 4.78 is 7.06. The maximum Gasteiger partial charge on any atom is 0.254 e. The lowest BCUT2D eigenvalue weighted by Crippen LogP contribution is -2.40. The van der Waals surface area contributed by atoms with E-state index in [9.17, 15) is 9.59 Å². The molecule has 2 amide bonds. The van der Waals surface area contributed by atoms with Crippen molar-refractivity contribution >= 4 is 17.5 Å². The standard InChI is InChI=1S/C20H25N5O3/c1-24-13-15(10-22-24)17-11-21-12-18(17)19(26)23-16-4-2-3-14(9-16)20(27)25-5-7-28-8-6-25/h2-4,9-10,13,17-18,21H,5-8,11-12H2,1H3,(H,23,26)/t17-,18+/m1/s1. The summed E-state index contributed by atoms with van der Waals surface area (Å²) in [6, 6.07) is 7.14. The van der Waals surface area contributed by atoms with Crippen LogP contribution in [0.15, 0.2) is 36.7 Å². The molecule has 0 radical (unpaired) electrons. The number of hydrogen-bond acceptors (Lipinski definition) is 5. The number of ether oxygens (including phenoxy) is 1. The first-order valence-electron chi connectivity index (χ1n) is 9.59. The van der Waals surface area contributed by atoms with E-state index in [0.29, 0.717) is 44.1 Å². The van der Waals surface area contributed by atoms with Gasteiger partial charge in [-0.15, -0.1) is 0 Å². The number of aromatic nitrogens is 2. The highest BCUT2D eigenvalue weighted by atomic mass is 16.5. The number of nitrogens with zero attached hydrogens (tertiary/aromatic N) is 3. The molecule has 2 aliphatic heterocycles. The zero-order valence-corrected chi connectivity index (χ0v) is 15.9. The van der Waals surface area contributed by atoms with Crippen LogP contribution in [0, 0.1) is 5.92 Å². The maximum atomic E-state index is 12.9. The average molecular weight is 383 g/mol. The highest BCUT2D eigenvalue weighted by Crippen LogP contribution is 2.29. The summed E-state index contributed by atoms with van der Waals surface area (Å²) in [5.41, 5.74) is 2.28. The predicted octanol–water partition coefficient (Wildman–Crippen LogP) is 0.834. The van der Waals surface area contributed by atoms with Gasteiger partial charge in [-0.2, -0.15) is 5.10 Å². The molecule has 0 bridgehead atoms. The Morgan fingerprint density at radius 3 is 2.82 bits per heavy atom. The second-order valence-electron chi connectivity index (χ2n) is 7.29. The van der Waals surface area contributed by atoms with Crippen molar-refractivity contribution in [3.05, 3.63) is 47.8 Å². The van der Waals surface area contributed by atoms with Crippen molar-refractivity contribution in [3.63, 3.8) is 0 Å². The van der Waals surface area contributed by atoms with Gasteiger partial charge >= 0.3 is 0 Å². The Hall–Kier alpha value is -2.71. The fourth-order valence-corrected chi connectivity index (χ4v) is 3.85. The lowest BCUT2D eigenvalue weighted by atomic mass is 9.90. The van der Waals surface area contributed by atoms with Crippen LogP contribution >= 0.6 is 0 Å². The molecule has 8 heteroatoms. The number of carbonyl (C=O) groups excluding carboxylic acids is 2. The first-order chi connectivity index (χ1) is 13.6. The third-order valence-electron chi connectivity index (χ3n) is 5.38. The fraction of sp³-hybridized carbons (Fsp3) is 0.450. The van der Waals surface area contributed by atoms with Gasteiger partial charge in [0.25, 0.3) is 5.91 Å². The lowest BCUT2D eigenvalue weighted by Gasteiger charge is -2.27. The molecule has 2 N–H and O–H groups in total. The second kappa shape index (κ2) is 8.12. The van der Waals surface area contributed by atoms with E-state index in [-0.39, 0.29) is 23.7 Å². The molecule has 28 heavy (non-hydrogen) atoms. The summed E-state index contributed by atoms with van der Waals surface area (Å²) in [5, 5.41) is 10.5. The molecule has 2 atom stereocenters. The minimum Gasteiger partial charge on any atom is -0.378 e. The molecule has 1 aromatic carbocycles. The van der Waals surface area contributed by atoms with Crippen molar-refractivity contribution in [1.82, 2.24) is 20.0 Å². The number of hydrogen-bond donors (Lipinski definition) is 2. The summed E-state index contributed by atoms with van der Waals surface area (Å²) in [6.45, 7) is 3.68. The van der Waals surface area contributed by atoms with E-state index >= 15 is 0 Å². The van der Waals surface area contributed by atoms with E-state index in [1.54, 1.807) is 27.8 Å². The van der Waals surface area contributed by atoms with Gasteiger partial charge in [0, 0.05) is 56.6 Å². The van der Waals surface area contributed by atoms with Crippen LogP contribution in [0.25, 0.3) is 0 Å². The van der Waals surface area contributed by atoms with Crippen molar-refractivity contribution in [2.75, 3.05) is 44.7 Å². The van der Waals surface area contributed by atoms with Crippen LogP contribution in [0.4, 0.5) is 5.69 Å². The number of nitrogens with one attached hydrogen (secondary N) is 2. The van der Waals surface area contributed by atoms with Crippen LogP contribution in [-0.2, 0) is 16.6 Å². The topological polar surface area (TPSA) is 88.5 Å². The Morgan fingerprint density at radius 2 is 2.07 bits per heavy atom. The Bertz CT molecular complexity index is 859. The smallest absolute Gasteiger partial charge is 0.254 e. The molecule has 148 valence electrons. The van der Waals surface area contributed by atoms with E-state index in [0.717, 1.165) is 12.1 Å². The fourth-order valence-electron chi connectivity index (χ4n) is 3.85. The zero-order valence-electron chi connectivity index (χ0n) is 15.9. The molecule has 2 fully saturated rings. The largest absolute Gasteiger partial charge is 0.378 e. The van der Waals surface area contributed by atoms with Crippen LogP contribution < -0.4 is 10.6 Å². The van der Waals surface area contributed by atoms with Crippen molar-refractivity contribution in [2.45, 2.75) is 5.92 Å². The number of anilines is 1. The Kier molecular flexibility index (Phi) is 5.40. The number of morpholine rings is 1. The Labute approximate surface area is 163 Å². The molecular formula is C20H25N5O3. The molecular weight excluding hydrogens is 358 g/mol. The third-order valence-corrected chi connectivity index (χ3v) is 5.38. The van der Waals surface area contributed by atoms with Gasteiger partial charge in [0.2, 0.25) is 5.91 Å².